The number of halogens is 1. The van der Waals surface area contributed by atoms with Crippen molar-refractivity contribution in [2.75, 3.05) is 14.2 Å². The topological polar surface area (TPSA) is 79.8 Å². The van der Waals surface area contributed by atoms with Gasteiger partial charge >= 0.3 is 5.97 Å². The Kier molecular flexibility index (Phi) is 5.76. The summed E-state index contributed by atoms with van der Waals surface area (Å²) in [6.45, 7) is 0. The van der Waals surface area contributed by atoms with Gasteiger partial charge in [0.1, 0.15) is 17.7 Å². The van der Waals surface area contributed by atoms with Crippen molar-refractivity contribution >= 4 is 17.6 Å². The molecule has 0 N–H and O–H groups in total. The van der Waals surface area contributed by atoms with E-state index in [1.807, 2.05) is 0 Å². The second kappa shape index (κ2) is 8.00. The molecule has 1 heterocycles. The number of ether oxygens (including phenoxy) is 4. The molecular weight excluding hydrogens is 324 g/mol. The fourth-order valence-electron chi connectivity index (χ4n) is 1.54. The smallest absolute Gasteiger partial charge is 0.377 e. The molecule has 7 nitrogen and oxygen atoms in total. The highest BCUT2D eigenvalue weighted by Gasteiger charge is 2.16. The molecular formula is C15H13ClN2O5. The number of hydrogen-bond donors (Lipinski definition) is 0. The molecule has 0 amide bonds. The van der Waals surface area contributed by atoms with Crippen molar-refractivity contribution in [2.45, 2.75) is 0 Å². The predicted octanol–water partition coefficient (Wildman–Crippen LogP) is 2.96. The Hall–Kier alpha value is -2.80. The molecule has 0 aliphatic heterocycles. The number of methoxy groups -OCH3 is 2. The van der Waals surface area contributed by atoms with Gasteiger partial charge in [-0.05, 0) is 12.1 Å². The molecule has 120 valence electrons. The normalized spacial score (nSPS) is 10.8. The van der Waals surface area contributed by atoms with Gasteiger partial charge in [-0.1, -0.05) is 23.7 Å². The van der Waals surface area contributed by atoms with Crippen molar-refractivity contribution < 1.29 is 23.7 Å². The number of esters is 1. The lowest BCUT2D eigenvalue weighted by molar-refractivity contribution is -0.138. The summed E-state index contributed by atoms with van der Waals surface area (Å²) >= 11 is 5.79. The number of hydrogen-bond acceptors (Lipinski definition) is 7. The van der Waals surface area contributed by atoms with Crippen molar-refractivity contribution in [3.05, 3.63) is 53.8 Å². The first-order chi connectivity index (χ1) is 11.1. The highest BCUT2D eigenvalue weighted by Crippen LogP contribution is 2.32. The van der Waals surface area contributed by atoms with Gasteiger partial charge in [-0.25, -0.2) is 14.8 Å². The summed E-state index contributed by atoms with van der Waals surface area (Å²) in [5, 5.41) is 0.239. The largest absolute Gasteiger partial charge is 0.500 e. The molecule has 8 heteroatoms. The Balaban J connectivity index is 2.26. The van der Waals surface area contributed by atoms with Crippen LogP contribution in [-0.4, -0.2) is 30.2 Å². The summed E-state index contributed by atoms with van der Waals surface area (Å²) in [6, 6.07) is 8.17. The maximum Gasteiger partial charge on any atom is 0.377 e. The van der Waals surface area contributed by atoms with E-state index in [4.69, 9.17) is 25.8 Å². The van der Waals surface area contributed by atoms with E-state index in [2.05, 4.69) is 14.7 Å². The van der Waals surface area contributed by atoms with Gasteiger partial charge in [0.25, 0.3) is 0 Å². The van der Waals surface area contributed by atoms with Crippen molar-refractivity contribution in [3.8, 4) is 17.4 Å². The van der Waals surface area contributed by atoms with Crippen LogP contribution < -0.4 is 9.47 Å². The molecule has 0 fully saturated rings. The molecule has 23 heavy (non-hydrogen) atoms. The van der Waals surface area contributed by atoms with E-state index in [-0.39, 0.29) is 22.5 Å². The average molecular weight is 337 g/mol. The van der Waals surface area contributed by atoms with Crippen molar-refractivity contribution in [3.63, 3.8) is 0 Å². The Morgan fingerprint density at radius 3 is 2.57 bits per heavy atom. The second-order valence-electron chi connectivity index (χ2n) is 4.04. The standard InChI is InChI=1S/C15H13ClN2O5/c1-20-8-12(15(19)21-2)22-10-5-3-4-6-11(10)23-14-7-13(16)17-9-18-14/h3-9H,1-2H3/b12-8+. The van der Waals surface area contributed by atoms with Crippen molar-refractivity contribution in [2.24, 2.45) is 0 Å². The summed E-state index contributed by atoms with van der Waals surface area (Å²) < 4.78 is 20.5. The minimum absolute atomic E-state index is 0.133. The summed E-state index contributed by atoms with van der Waals surface area (Å²) in [5.41, 5.74) is 0. The fourth-order valence-corrected chi connectivity index (χ4v) is 1.68. The highest BCUT2D eigenvalue weighted by atomic mass is 35.5. The summed E-state index contributed by atoms with van der Waals surface area (Å²) in [5.74, 6) is 0.0130. The van der Waals surface area contributed by atoms with Gasteiger partial charge in [0.05, 0.1) is 14.2 Å². The maximum absolute atomic E-state index is 11.6. The van der Waals surface area contributed by atoms with Crippen LogP contribution in [0.4, 0.5) is 0 Å². The fraction of sp³-hybridized carbons (Fsp3) is 0.133. The molecule has 0 saturated heterocycles. The number of carbonyl (C=O) groups is 1. The minimum atomic E-state index is -0.688. The third-order valence-electron chi connectivity index (χ3n) is 2.50. The van der Waals surface area contributed by atoms with Crippen LogP contribution in [-0.2, 0) is 14.3 Å². The molecule has 0 radical (unpaired) electrons. The summed E-state index contributed by atoms with van der Waals surface area (Å²) in [7, 11) is 2.62. The monoisotopic (exact) mass is 336 g/mol. The van der Waals surface area contributed by atoms with E-state index in [0.29, 0.717) is 5.75 Å². The van der Waals surface area contributed by atoms with Crippen LogP contribution in [0.5, 0.6) is 17.4 Å². The maximum atomic E-state index is 11.6. The molecule has 0 aliphatic rings. The zero-order valence-corrected chi connectivity index (χ0v) is 13.1. The van der Waals surface area contributed by atoms with Gasteiger partial charge in [0.2, 0.25) is 11.6 Å². The molecule has 0 aliphatic carbocycles. The first kappa shape index (κ1) is 16.6. The second-order valence-corrected chi connectivity index (χ2v) is 4.43. The van der Waals surface area contributed by atoms with Gasteiger partial charge in [0, 0.05) is 6.07 Å². The minimum Gasteiger partial charge on any atom is -0.500 e. The highest BCUT2D eigenvalue weighted by molar-refractivity contribution is 6.29. The van der Waals surface area contributed by atoms with Crippen LogP contribution in [0.25, 0.3) is 0 Å². The van der Waals surface area contributed by atoms with Crippen LogP contribution in [0.1, 0.15) is 0 Å². The van der Waals surface area contributed by atoms with Crippen molar-refractivity contribution in [1.82, 2.24) is 9.97 Å². The third kappa shape index (κ3) is 4.58. The van der Waals surface area contributed by atoms with Crippen LogP contribution in [0.2, 0.25) is 5.15 Å². The molecule has 0 saturated carbocycles. The zero-order chi connectivity index (χ0) is 16.7. The summed E-state index contributed by atoms with van der Waals surface area (Å²) in [4.78, 5) is 19.4. The zero-order valence-electron chi connectivity index (χ0n) is 12.4. The molecule has 0 unspecified atom stereocenters. The number of carbonyl (C=O) groups excluding carboxylic acids is 1. The van der Waals surface area contributed by atoms with Gasteiger partial charge in [-0.3, -0.25) is 0 Å². The van der Waals surface area contributed by atoms with Crippen LogP contribution in [0.3, 0.4) is 0 Å². The van der Waals surface area contributed by atoms with E-state index in [0.717, 1.165) is 6.26 Å². The quantitative estimate of drug-likeness (QED) is 0.347. The Bertz CT molecular complexity index is 721. The van der Waals surface area contributed by atoms with Crippen molar-refractivity contribution in [1.29, 1.82) is 0 Å². The molecule has 0 bridgehead atoms. The van der Waals surface area contributed by atoms with Gasteiger partial charge in [0.15, 0.2) is 11.5 Å². The summed E-state index contributed by atoms with van der Waals surface area (Å²) in [6.07, 6.45) is 2.40. The number of rotatable bonds is 6. The molecule has 0 spiro atoms. The van der Waals surface area contributed by atoms with Crippen LogP contribution in [0.15, 0.2) is 48.7 Å². The van der Waals surface area contributed by atoms with Gasteiger partial charge in [-0.15, -0.1) is 0 Å². The molecule has 2 aromatic rings. The molecule has 1 aromatic heterocycles. The van der Waals surface area contributed by atoms with Gasteiger partial charge in [-0.2, -0.15) is 0 Å². The third-order valence-corrected chi connectivity index (χ3v) is 2.71. The number of para-hydroxylation sites is 2. The van der Waals surface area contributed by atoms with E-state index in [1.54, 1.807) is 24.3 Å². The lowest BCUT2D eigenvalue weighted by atomic mass is 10.3. The molecule has 1 aromatic carbocycles. The average Bonchev–Trinajstić information content (AvgIpc) is 2.55. The lowest BCUT2D eigenvalue weighted by Crippen LogP contribution is -2.11. The first-order valence-corrected chi connectivity index (χ1v) is 6.75. The SMILES string of the molecule is CO/C=C(/Oc1ccccc1Oc1cc(Cl)ncn1)C(=O)OC. The first-order valence-electron chi connectivity index (χ1n) is 6.37. The van der Waals surface area contributed by atoms with Crippen LogP contribution in [0, 0.1) is 0 Å². The Labute approximate surface area is 137 Å². The molecule has 2 rings (SSSR count). The lowest BCUT2D eigenvalue weighted by Gasteiger charge is -2.12. The van der Waals surface area contributed by atoms with Crippen LogP contribution >= 0.6 is 11.6 Å². The number of nitrogens with zero attached hydrogens (tertiary/aromatic N) is 2. The predicted molar refractivity (Wildman–Crippen MR) is 81.3 cm³/mol. The van der Waals surface area contributed by atoms with E-state index in [1.165, 1.54) is 26.6 Å². The number of benzene rings is 1. The van der Waals surface area contributed by atoms with Gasteiger partial charge < -0.3 is 18.9 Å². The van der Waals surface area contributed by atoms with E-state index >= 15 is 0 Å². The Morgan fingerprint density at radius 1 is 1.17 bits per heavy atom. The number of aromatic nitrogens is 2. The molecule has 0 atom stereocenters. The van der Waals surface area contributed by atoms with E-state index < -0.39 is 5.97 Å². The van der Waals surface area contributed by atoms with E-state index in [9.17, 15) is 4.79 Å². The Morgan fingerprint density at radius 2 is 1.91 bits per heavy atom.